The Labute approximate surface area is 85.8 Å². The Kier molecular flexibility index (Phi) is 9.86. The van der Waals surface area contributed by atoms with Gasteiger partial charge in [-0.2, -0.15) is 0 Å². The normalized spacial score (nSPS) is 10.1. The highest BCUT2D eigenvalue weighted by Crippen LogP contribution is 2.04. The number of hydrogen-bond donors (Lipinski definition) is 0. The van der Waals surface area contributed by atoms with E-state index in [0.29, 0.717) is 25.0 Å². The van der Waals surface area contributed by atoms with Crippen LogP contribution in [0.5, 0.6) is 0 Å². The Morgan fingerprint density at radius 3 is 2.36 bits per heavy atom. The van der Waals surface area contributed by atoms with Crippen LogP contribution >= 0.6 is 0 Å². The molecule has 3 heteroatoms. The van der Waals surface area contributed by atoms with Crippen LogP contribution < -0.4 is 0 Å². The highest BCUT2D eigenvalue weighted by Gasteiger charge is 2.00. The summed E-state index contributed by atoms with van der Waals surface area (Å²) in [4.78, 5) is 21.2. The van der Waals surface area contributed by atoms with E-state index < -0.39 is 0 Å². The van der Waals surface area contributed by atoms with Crippen LogP contribution in [0.4, 0.5) is 0 Å². The molecule has 0 rings (SSSR count). The number of carbonyl (C=O) groups excluding carboxylic acids is 2. The highest BCUT2D eigenvalue weighted by atomic mass is 16.5. The molecule has 82 valence electrons. The van der Waals surface area contributed by atoms with E-state index in [0.717, 1.165) is 38.6 Å². The quantitative estimate of drug-likeness (QED) is 0.401. The molecule has 0 fully saturated rings. The van der Waals surface area contributed by atoms with E-state index in [1.807, 2.05) is 0 Å². The van der Waals surface area contributed by atoms with Crippen molar-refractivity contribution in [3.63, 3.8) is 0 Å². The number of methoxy groups -OCH3 is 1. The number of ether oxygens (including phenoxy) is 1. The monoisotopic (exact) mass is 200 g/mol. The van der Waals surface area contributed by atoms with Gasteiger partial charge in [0, 0.05) is 33.0 Å². The van der Waals surface area contributed by atoms with Gasteiger partial charge in [0.15, 0.2) is 0 Å². The average Bonchev–Trinajstić information content (AvgIpc) is 2.19. The molecule has 0 aliphatic carbocycles. The summed E-state index contributed by atoms with van der Waals surface area (Å²) in [7, 11) is 1.67. The Balaban J connectivity index is 3.15. The van der Waals surface area contributed by atoms with Crippen molar-refractivity contribution in [2.45, 2.75) is 44.9 Å². The van der Waals surface area contributed by atoms with Gasteiger partial charge >= 0.3 is 0 Å². The van der Waals surface area contributed by atoms with Crippen LogP contribution in [-0.2, 0) is 14.3 Å². The van der Waals surface area contributed by atoms with Crippen molar-refractivity contribution in [3.05, 3.63) is 0 Å². The van der Waals surface area contributed by atoms with Crippen LogP contribution in [0.15, 0.2) is 0 Å². The summed E-state index contributed by atoms with van der Waals surface area (Å²) >= 11 is 0. The molecule has 0 aromatic heterocycles. The second-order valence-corrected chi connectivity index (χ2v) is 3.40. The molecule has 0 aliphatic heterocycles. The summed E-state index contributed by atoms with van der Waals surface area (Å²) in [5.41, 5.74) is 0. The number of hydrogen-bond acceptors (Lipinski definition) is 3. The van der Waals surface area contributed by atoms with E-state index in [9.17, 15) is 9.59 Å². The molecule has 0 N–H and O–H groups in total. The number of carbonyl (C=O) groups is 2. The summed E-state index contributed by atoms with van der Waals surface area (Å²) in [5, 5.41) is 0. The van der Waals surface area contributed by atoms with Crippen LogP contribution in [0, 0.1) is 0 Å². The maximum absolute atomic E-state index is 11.2. The van der Waals surface area contributed by atoms with Crippen molar-refractivity contribution >= 4 is 12.1 Å². The summed E-state index contributed by atoms with van der Waals surface area (Å²) in [6.45, 7) is 0.735. The summed E-state index contributed by atoms with van der Waals surface area (Å²) in [5.74, 6) is 0.312. The molecule has 0 spiro atoms. The minimum atomic E-state index is 0.312. The van der Waals surface area contributed by atoms with Gasteiger partial charge < -0.3 is 9.53 Å². The molecule has 0 radical (unpaired) electrons. The predicted molar refractivity (Wildman–Crippen MR) is 55.3 cm³/mol. The Hall–Kier alpha value is -0.700. The molecule has 0 bridgehead atoms. The van der Waals surface area contributed by atoms with Gasteiger partial charge in [0.25, 0.3) is 0 Å². The van der Waals surface area contributed by atoms with Gasteiger partial charge in [-0.3, -0.25) is 4.79 Å². The summed E-state index contributed by atoms with van der Waals surface area (Å²) in [6, 6.07) is 0. The van der Waals surface area contributed by atoms with Crippen molar-refractivity contribution in [3.8, 4) is 0 Å². The van der Waals surface area contributed by atoms with Gasteiger partial charge in [-0.1, -0.05) is 0 Å². The Morgan fingerprint density at radius 2 is 1.79 bits per heavy atom. The topological polar surface area (TPSA) is 43.4 Å². The first-order valence-electron chi connectivity index (χ1n) is 5.25. The van der Waals surface area contributed by atoms with E-state index in [1.54, 1.807) is 7.11 Å². The van der Waals surface area contributed by atoms with Gasteiger partial charge in [-0.05, 0) is 25.7 Å². The maximum Gasteiger partial charge on any atom is 0.132 e. The molecule has 3 nitrogen and oxygen atoms in total. The molecular weight excluding hydrogens is 180 g/mol. The smallest absolute Gasteiger partial charge is 0.132 e. The van der Waals surface area contributed by atoms with Crippen LogP contribution in [0.1, 0.15) is 44.9 Å². The molecule has 0 unspecified atom stereocenters. The van der Waals surface area contributed by atoms with Crippen molar-refractivity contribution in [1.82, 2.24) is 0 Å². The van der Waals surface area contributed by atoms with E-state index in [4.69, 9.17) is 4.74 Å². The molecule has 0 aromatic rings. The van der Waals surface area contributed by atoms with Gasteiger partial charge in [-0.25, -0.2) is 0 Å². The Bertz CT molecular complexity index is 155. The SMILES string of the molecule is COCCCCC(=O)CCCCC=O. The molecule has 0 aliphatic rings. The molecule has 0 aromatic carbocycles. The zero-order chi connectivity index (χ0) is 10.6. The third-order valence-electron chi connectivity index (χ3n) is 2.08. The third kappa shape index (κ3) is 9.39. The number of unbranched alkanes of at least 4 members (excludes halogenated alkanes) is 3. The number of Topliss-reactive ketones (excluding diaryl/α,β-unsaturated/α-hetero) is 1. The molecule has 0 amide bonds. The van der Waals surface area contributed by atoms with Crippen LogP contribution in [0.2, 0.25) is 0 Å². The fourth-order valence-corrected chi connectivity index (χ4v) is 1.24. The van der Waals surface area contributed by atoms with Crippen molar-refractivity contribution < 1.29 is 14.3 Å². The van der Waals surface area contributed by atoms with Gasteiger partial charge in [-0.15, -0.1) is 0 Å². The first kappa shape index (κ1) is 13.3. The number of rotatable bonds is 10. The van der Waals surface area contributed by atoms with E-state index >= 15 is 0 Å². The first-order valence-corrected chi connectivity index (χ1v) is 5.25. The van der Waals surface area contributed by atoms with E-state index in [2.05, 4.69) is 0 Å². The van der Waals surface area contributed by atoms with Crippen molar-refractivity contribution in [2.24, 2.45) is 0 Å². The fraction of sp³-hybridized carbons (Fsp3) is 0.818. The minimum Gasteiger partial charge on any atom is -0.385 e. The molecule has 0 heterocycles. The zero-order valence-corrected chi connectivity index (χ0v) is 8.96. The highest BCUT2D eigenvalue weighted by molar-refractivity contribution is 5.78. The molecule has 0 saturated carbocycles. The van der Waals surface area contributed by atoms with Crippen molar-refractivity contribution in [2.75, 3.05) is 13.7 Å². The lowest BCUT2D eigenvalue weighted by Gasteiger charge is -2.00. The first-order chi connectivity index (χ1) is 6.81. The van der Waals surface area contributed by atoms with Crippen LogP contribution in [0.25, 0.3) is 0 Å². The second-order valence-electron chi connectivity index (χ2n) is 3.40. The summed E-state index contributed by atoms with van der Waals surface area (Å²) < 4.78 is 4.89. The molecule has 0 atom stereocenters. The predicted octanol–water partition coefficient (Wildman–Crippen LogP) is 2.13. The van der Waals surface area contributed by atoms with Crippen LogP contribution in [0.3, 0.4) is 0 Å². The van der Waals surface area contributed by atoms with Gasteiger partial charge in [0.05, 0.1) is 0 Å². The van der Waals surface area contributed by atoms with Crippen molar-refractivity contribution in [1.29, 1.82) is 0 Å². The Morgan fingerprint density at radius 1 is 1.14 bits per heavy atom. The van der Waals surface area contributed by atoms with E-state index in [1.165, 1.54) is 0 Å². The van der Waals surface area contributed by atoms with Gasteiger partial charge in [0.1, 0.15) is 12.1 Å². The van der Waals surface area contributed by atoms with Gasteiger partial charge in [0.2, 0.25) is 0 Å². The molecule has 14 heavy (non-hydrogen) atoms. The third-order valence-corrected chi connectivity index (χ3v) is 2.08. The fourth-order valence-electron chi connectivity index (χ4n) is 1.24. The maximum atomic E-state index is 11.2. The lowest BCUT2D eigenvalue weighted by molar-refractivity contribution is -0.119. The van der Waals surface area contributed by atoms with E-state index in [-0.39, 0.29) is 0 Å². The molecule has 0 saturated heterocycles. The minimum absolute atomic E-state index is 0.312. The average molecular weight is 200 g/mol. The number of ketones is 1. The standard InChI is InChI=1S/C11H20O3/c1-14-10-6-4-8-11(13)7-3-2-5-9-12/h9H,2-8,10H2,1H3. The largest absolute Gasteiger partial charge is 0.385 e. The zero-order valence-electron chi connectivity index (χ0n) is 8.96. The number of aldehydes is 1. The second kappa shape index (κ2) is 10.4. The summed E-state index contributed by atoms with van der Waals surface area (Å²) in [6.07, 6.45) is 6.33. The lowest BCUT2D eigenvalue weighted by Crippen LogP contribution is -1.99. The molecular formula is C11H20O3. The van der Waals surface area contributed by atoms with Crippen LogP contribution in [-0.4, -0.2) is 25.8 Å². The lowest BCUT2D eigenvalue weighted by atomic mass is 10.1.